The summed E-state index contributed by atoms with van der Waals surface area (Å²) >= 11 is 1.70. The minimum atomic E-state index is 0.857. The van der Waals surface area contributed by atoms with E-state index in [-0.39, 0.29) is 0 Å². The van der Waals surface area contributed by atoms with E-state index < -0.39 is 0 Å². The van der Waals surface area contributed by atoms with Crippen molar-refractivity contribution < 1.29 is 0 Å². The van der Waals surface area contributed by atoms with E-state index in [1.807, 2.05) is 7.05 Å². The second-order valence-electron chi connectivity index (χ2n) is 4.40. The average Bonchev–Trinajstić information content (AvgIpc) is 2.94. The Labute approximate surface area is 113 Å². The summed E-state index contributed by atoms with van der Waals surface area (Å²) in [6, 6.07) is 0. The van der Waals surface area contributed by atoms with Crippen LogP contribution < -0.4 is 10.2 Å². The molecule has 18 heavy (non-hydrogen) atoms. The van der Waals surface area contributed by atoms with Gasteiger partial charge in [-0.05, 0) is 20.4 Å². The van der Waals surface area contributed by atoms with Gasteiger partial charge in [0.25, 0.3) is 0 Å². The van der Waals surface area contributed by atoms with Gasteiger partial charge in [-0.3, -0.25) is 4.40 Å². The monoisotopic (exact) mass is 266 g/mol. The summed E-state index contributed by atoms with van der Waals surface area (Å²) in [5.74, 6) is 1.15. The zero-order valence-electron chi connectivity index (χ0n) is 11.4. The van der Waals surface area contributed by atoms with Crippen LogP contribution in [0.25, 0.3) is 4.96 Å². The van der Waals surface area contributed by atoms with Gasteiger partial charge in [-0.25, -0.2) is 4.98 Å². The van der Waals surface area contributed by atoms with Gasteiger partial charge in [0.15, 0.2) is 10.8 Å². The van der Waals surface area contributed by atoms with Crippen molar-refractivity contribution in [3.8, 4) is 0 Å². The molecule has 0 aromatic carbocycles. The minimum Gasteiger partial charge on any atom is -0.355 e. The van der Waals surface area contributed by atoms with Crippen molar-refractivity contribution in [3.63, 3.8) is 0 Å². The quantitative estimate of drug-likeness (QED) is 0.836. The van der Waals surface area contributed by atoms with Crippen LogP contribution in [0.1, 0.15) is 32.4 Å². The Balaban J connectivity index is 2.34. The zero-order chi connectivity index (χ0) is 13.0. The predicted molar refractivity (Wildman–Crippen MR) is 78.6 cm³/mol. The summed E-state index contributed by atoms with van der Waals surface area (Å²) in [5, 5.41) is 5.34. The van der Waals surface area contributed by atoms with Gasteiger partial charge in [0.1, 0.15) is 0 Å². The number of rotatable bonds is 7. The highest BCUT2D eigenvalue weighted by Gasteiger charge is 2.16. The molecular weight excluding hydrogens is 244 g/mol. The van der Waals surface area contributed by atoms with Crippen molar-refractivity contribution >= 4 is 22.1 Å². The van der Waals surface area contributed by atoms with Crippen LogP contribution in [-0.2, 0) is 6.54 Å². The van der Waals surface area contributed by atoms with Crippen molar-refractivity contribution in [2.75, 3.05) is 25.0 Å². The summed E-state index contributed by atoms with van der Waals surface area (Å²) < 4.78 is 2.20. The Morgan fingerprint density at radius 1 is 1.44 bits per heavy atom. The molecule has 2 aromatic heterocycles. The third kappa shape index (κ3) is 2.52. The predicted octanol–water partition coefficient (Wildman–Crippen LogP) is 2.74. The number of fused-ring (bicyclic) bond motifs is 1. The van der Waals surface area contributed by atoms with Crippen LogP contribution in [0.2, 0.25) is 0 Å². The number of nitrogens with one attached hydrogen (secondary N) is 1. The molecule has 5 heteroatoms. The Morgan fingerprint density at radius 2 is 2.28 bits per heavy atom. The molecule has 0 radical (unpaired) electrons. The molecule has 1 N–H and O–H groups in total. The van der Waals surface area contributed by atoms with Gasteiger partial charge < -0.3 is 10.2 Å². The molecule has 0 fully saturated rings. The molecule has 0 bridgehead atoms. The lowest BCUT2D eigenvalue weighted by molar-refractivity contribution is 0.712. The Kier molecular flexibility index (Phi) is 4.60. The molecule has 4 nitrogen and oxygen atoms in total. The van der Waals surface area contributed by atoms with Gasteiger partial charge in [0.2, 0.25) is 0 Å². The van der Waals surface area contributed by atoms with Gasteiger partial charge in [-0.2, -0.15) is 0 Å². The van der Waals surface area contributed by atoms with E-state index in [2.05, 4.69) is 40.0 Å². The topological polar surface area (TPSA) is 32.6 Å². The van der Waals surface area contributed by atoms with Crippen LogP contribution in [0.15, 0.2) is 11.6 Å². The highest BCUT2D eigenvalue weighted by molar-refractivity contribution is 7.15. The first-order chi connectivity index (χ1) is 8.81. The largest absolute Gasteiger partial charge is 0.355 e. The van der Waals surface area contributed by atoms with E-state index in [1.54, 1.807) is 11.3 Å². The van der Waals surface area contributed by atoms with Gasteiger partial charge in [0, 0.05) is 31.2 Å². The normalized spacial score (nSPS) is 11.3. The number of hydrogen-bond donors (Lipinski definition) is 1. The fourth-order valence-corrected chi connectivity index (χ4v) is 2.90. The summed E-state index contributed by atoms with van der Waals surface area (Å²) in [7, 11) is 1.98. The molecule has 0 aliphatic rings. The van der Waals surface area contributed by atoms with E-state index >= 15 is 0 Å². The number of hydrogen-bond acceptors (Lipinski definition) is 4. The molecule has 0 amide bonds. The van der Waals surface area contributed by atoms with Crippen molar-refractivity contribution in [2.24, 2.45) is 0 Å². The molecule has 2 aromatic rings. The van der Waals surface area contributed by atoms with Gasteiger partial charge >= 0.3 is 0 Å². The second-order valence-corrected chi connectivity index (χ2v) is 5.27. The number of thiazole rings is 1. The molecule has 100 valence electrons. The van der Waals surface area contributed by atoms with Crippen molar-refractivity contribution in [1.82, 2.24) is 14.7 Å². The number of aromatic nitrogens is 2. The van der Waals surface area contributed by atoms with Crippen LogP contribution >= 0.6 is 11.3 Å². The Hall–Kier alpha value is -1.07. The zero-order valence-corrected chi connectivity index (χ0v) is 12.3. The maximum Gasteiger partial charge on any atom is 0.195 e. The highest BCUT2D eigenvalue weighted by Crippen LogP contribution is 2.24. The number of imidazole rings is 1. The number of nitrogens with zero attached hydrogens (tertiary/aromatic N) is 3. The molecule has 0 unspecified atom stereocenters. The smallest absolute Gasteiger partial charge is 0.195 e. The molecule has 0 atom stereocenters. The van der Waals surface area contributed by atoms with E-state index in [1.165, 1.54) is 18.5 Å². The molecule has 0 aliphatic heterocycles. The summed E-state index contributed by atoms with van der Waals surface area (Å²) in [6.07, 6.45) is 4.55. The minimum absolute atomic E-state index is 0.857. The second kappa shape index (κ2) is 6.20. The van der Waals surface area contributed by atoms with Crippen LogP contribution in [0.3, 0.4) is 0 Å². The van der Waals surface area contributed by atoms with Gasteiger partial charge in [0.05, 0.1) is 5.69 Å². The molecule has 2 heterocycles. The van der Waals surface area contributed by atoms with E-state index in [0.29, 0.717) is 0 Å². The van der Waals surface area contributed by atoms with Crippen LogP contribution in [0.4, 0.5) is 5.82 Å². The van der Waals surface area contributed by atoms with Gasteiger partial charge in [-0.15, -0.1) is 11.3 Å². The van der Waals surface area contributed by atoms with Crippen LogP contribution in [0, 0.1) is 0 Å². The summed E-state index contributed by atoms with van der Waals surface area (Å²) in [5.41, 5.74) is 1.27. The molecule has 0 aliphatic carbocycles. The van der Waals surface area contributed by atoms with Crippen LogP contribution in [-0.4, -0.2) is 29.5 Å². The first kappa shape index (κ1) is 13.4. The Bertz CT molecular complexity index is 488. The molecule has 0 saturated carbocycles. The first-order valence-electron chi connectivity index (χ1n) is 6.65. The van der Waals surface area contributed by atoms with E-state index in [0.717, 1.165) is 30.4 Å². The number of anilines is 1. The highest BCUT2D eigenvalue weighted by atomic mass is 32.1. The van der Waals surface area contributed by atoms with Crippen molar-refractivity contribution in [2.45, 2.75) is 33.2 Å². The van der Waals surface area contributed by atoms with E-state index in [4.69, 9.17) is 4.98 Å². The molecular formula is C13H22N4S. The third-order valence-corrected chi connectivity index (χ3v) is 3.90. The maximum atomic E-state index is 4.78. The standard InChI is InChI=1S/C13H22N4S/c1-4-6-7-16(5-2)12-11(10-14-3)17-8-9-18-13(17)15-12/h8-9,14H,4-7,10H2,1-3H3. The SMILES string of the molecule is CCCCN(CC)c1nc2sccn2c1CNC. The lowest BCUT2D eigenvalue weighted by Crippen LogP contribution is -2.26. The first-order valence-corrected chi connectivity index (χ1v) is 7.53. The maximum absolute atomic E-state index is 4.78. The lowest BCUT2D eigenvalue weighted by Gasteiger charge is -2.21. The number of unbranched alkanes of at least 4 members (excludes halogenated alkanes) is 1. The summed E-state index contributed by atoms with van der Waals surface area (Å²) in [4.78, 5) is 8.26. The fourth-order valence-electron chi connectivity index (χ4n) is 2.17. The lowest BCUT2D eigenvalue weighted by atomic mass is 10.3. The average molecular weight is 266 g/mol. The summed E-state index contributed by atoms with van der Waals surface area (Å²) in [6.45, 7) is 7.40. The Morgan fingerprint density at radius 3 is 2.94 bits per heavy atom. The van der Waals surface area contributed by atoms with E-state index in [9.17, 15) is 0 Å². The fraction of sp³-hybridized carbons (Fsp3) is 0.615. The molecule has 0 saturated heterocycles. The van der Waals surface area contributed by atoms with Crippen molar-refractivity contribution in [1.29, 1.82) is 0 Å². The van der Waals surface area contributed by atoms with Crippen molar-refractivity contribution in [3.05, 3.63) is 17.3 Å². The van der Waals surface area contributed by atoms with Crippen LogP contribution in [0.5, 0.6) is 0 Å². The molecule has 2 rings (SSSR count). The van der Waals surface area contributed by atoms with Gasteiger partial charge in [-0.1, -0.05) is 13.3 Å². The molecule has 0 spiro atoms. The third-order valence-electron chi connectivity index (χ3n) is 3.15.